The van der Waals surface area contributed by atoms with Gasteiger partial charge in [-0.3, -0.25) is 0 Å². The molecule has 0 amide bonds. The predicted octanol–water partition coefficient (Wildman–Crippen LogP) is 1.94. The maximum atomic E-state index is 12.9. The first-order chi connectivity index (χ1) is 7.20. The van der Waals surface area contributed by atoms with Gasteiger partial charge in [-0.25, -0.2) is 8.78 Å². The smallest absolute Gasteiger partial charge is 0.126 e. The van der Waals surface area contributed by atoms with Crippen LogP contribution in [0, 0.1) is 11.6 Å². The molecule has 0 aliphatic heterocycles. The van der Waals surface area contributed by atoms with Crippen molar-refractivity contribution in [3.8, 4) is 11.3 Å². The summed E-state index contributed by atoms with van der Waals surface area (Å²) in [6.45, 7) is 0.255. The molecular formula is C9H7F2N3S. The van der Waals surface area contributed by atoms with Crippen molar-refractivity contribution < 1.29 is 8.78 Å². The molecule has 0 bridgehead atoms. The van der Waals surface area contributed by atoms with Crippen LogP contribution in [-0.4, -0.2) is 9.59 Å². The Morgan fingerprint density at radius 1 is 1.20 bits per heavy atom. The number of benzene rings is 1. The molecule has 78 valence electrons. The molecule has 15 heavy (non-hydrogen) atoms. The summed E-state index contributed by atoms with van der Waals surface area (Å²) in [6.07, 6.45) is 0. The molecule has 1 aromatic heterocycles. The number of hydrogen-bond acceptors (Lipinski definition) is 4. The SMILES string of the molecule is NCc1snnc1-c1cc(F)cc(F)c1. The van der Waals surface area contributed by atoms with Gasteiger partial charge < -0.3 is 5.73 Å². The molecule has 0 aliphatic rings. The summed E-state index contributed by atoms with van der Waals surface area (Å²) in [5.41, 5.74) is 6.26. The van der Waals surface area contributed by atoms with Gasteiger partial charge in [0.1, 0.15) is 17.3 Å². The van der Waals surface area contributed by atoms with Crippen LogP contribution in [0.2, 0.25) is 0 Å². The Labute approximate surface area is 88.7 Å². The third-order valence-electron chi connectivity index (χ3n) is 1.88. The molecule has 2 rings (SSSR count). The molecule has 0 spiro atoms. The van der Waals surface area contributed by atoms with Gasteiger partial charge in [-0.1, -0.05) is 4.49 Å². The number of halogens is 2. The molecule has 3 nitrogen and oxygen atoms in total. The number of rotatable bonds is 2. The summed E-state index contributed by atoms with van der Waals surface area (Å²) < 4.78 is 29.6. The van der Waals surface area contributed by atoms with E-state index in [0.717, 1.165) is 17.6 Å². The normalized spacial score (nSPS) is 10.6. The molecule has 1 heterocycles. The van der Waals surface area contributed by atoms with E-state index in [9.17, 15) is 8.78 Å². The summed E-state index contributed by atoms with van der Waals surface area (Å²) in [5, 5.41) is 3.79. The van der Waals surface area contributed by atoms with Gasteiger partial charge >= 0.3 is 0 Å². The molecule has 0 fully saturated rings. The first-order valence-electron chi connectivity index (χ1n) is 4.18. The third-order valence-corrected chi connectivity index (χ3v) is 2.62. The largest absolute Gasteiger partial charge is 0.326 e. The van der Waals surface area contributed by atoms with Crippen molar-refractivity contribution in [3.05, 3.63) is 34.7 Å². The van der Waals surface area contributed by atoms with Gasteiger partial charge in [0.05, 0.1) is 4.88 Å². The first kappa shape index (κ1) is 10.1. The van der Waals surface area contributed by atoms with E-state index in [-0.39, 0.29) is 6.54 Å². The Bertz CT molecular complexity index is 464. The third kappa shape index (κ3) is 2.00. The Morgan fingerprint density at radius 3 is 2.47 bits per heavy atom. The fourth-order valence-corrected chi connectivity index (χ4v) is 1.79. The van der Waals surface area contributed by atoms with E-state index in [1.54, 1.807) is 0 Å². The summed E-state index contributed by atoms with van der Waals surface area (Å²) in [4.78, 5) is 0.708. The Kier molecular flexibility index (Phi) is 2.70. The van der Waals surface area contributed by atoms with E-state index in [1.165, 1.54) is 12.1 Å². The maximum Gasteiger partial charge on any atom is 0.126 e. The lowest BCUT2D eigenvalue weighted by Gasteiger charge is -1.99. The standard InChI is InChI=1S/C9H7F2N3S/c10-6-1-5(2-7(11)3-6)9-8(4-12)15-14-13-9/h1-3H,4,12H2. The highest BCUT2D eigenvalue weighted by molar-refractivity contribution is 7.05. The van der Waals surface area contributed by atoms with Gasteiger partial charge in [0.2, 0.25) is 0 Å². The summed E-state index contributed by atoms with van der Waals surface area (Å²) >= 11 is 1.13. The lowest BCUT2D eigenvalue weighted by Crippen LogP contribution is -1.96. The van der Waals surface area contributed by atoms with E-state index < -0.39 is 11.6 Å². The van der Waals surface area contributed by atoms with Gasteiger partial charge in [-0.2, -0.15) is 0 Å². The minimum absolute atomic E-state index is 0.255. The Morgan fingerprint density at radius 2 is 1.87 bits per heavy atom. The predicted molar refractivity (Wildman–Crippen MR) is 53.2 cm³/mol. The fraction of sp³-hybridized carbons (Fsp3) is 0.111. The average molecular weight is 227 g/mol. The summed E-state index contributed by atoms with van der Waals surface area (Å²) in [5.74, 6) is -1.28. The van der Waals surface area contributed by atoms with Crippen molar-refractivity contribution in [3.63, 3.8) is 0 Å². The van der Waals surface area contributed by atoms with Crippen LogP contribution in [0.5, 0.6) is 0 Å². The minimum Gasteiger partial charge on any atom is -0.326 e. The summed E-state index contributed by atoms with van der Waals surface area (Å²) in [7, 11) is 0. The molecule has 6 heteroatoms. The first-order valence-corrected chi connectivity index (χ1v) is 4.96. The van der Waals surface area contributed by atoms with Crippen molar-refractivity contribution in [2.24, 2.45) is 5.73 Å². The van der Waals surface area contributed by atoms with Crippen LogP contribution in [-0.2, 0) is 6.54 Å². The van der Waals surface area contributed by atoms with E-state index in [2.05, 4.69) is 9.59 Å². The monoisotopic (exact) mass is 227 g/mol. The molecule has 0 unspecified atom stereocenters. The Hall–Kier alpha value is -1.40. The van der Waals surface area contributed by atoms with Gasteiger partial charge in [-0.15, -0.1) is 5.10 Å². The van der Waals surface area contributed by atoms with Crippen LogP contribution in [0.25, 0.3) is 11.3 Å². The molecule has 1 aromatic carbocycles. The van der Waals surface area contributed by atoms with Crippen molar-refractivity contribution in [1.82, 2.24) is 9.59 Å². The van der Waals surface area contributed by atoms with Crippen molar-refractivity contribution in [2.45, 2.75) is 6.54 Å². The van der Waals surface area contributed by atoms with E-state index in [1.807, 2.05) is 0 Å². The van der Waals surface area contributed by atoms with Gasteiger partial charge in [0.15, 0.2) is 0 Å². The summed E-state index contributed by atoms with van der Waals surface area (Å²) in [6, 6.07) is 3.23. The maximum absolute atomic E-state index is 12.9. The molecule has 0 radical (unpaired) electrons. The van der Waals surface area contributed by atoms with Crippen molar-refractivity contribution >= 4 is 11.5 Å². The topological polar surface area (TPSA) is 51.8 Å². The van der Waals surface area contributed by atoms with Crippen molar-refractivity contribution in [2.75, 3.05) is 0 Å². The lowest BCUT2D eigenvalue weighted by molar-refractivity contribution is 0.584. The van der Waals surface area contributed by atoms with Crippen LogP contribution in [0.4, 0.5) is 8.78 Å². The van der Waals surface area contributed by atoms with Crippen LogP contribution in [0.1, 0.15) is 4.88 Å². The molecule has 2 N–H and O–H groups in total. The molecule has 0 saturated heterocycles. The zero-order valence-electron chi connectivity index (χ0n) is 7.58. The zero-order valence-corrected chi connectivity index (χ0v) is 8.39. The average Bonchev–Trinajstić information content (AvgIpc) is 2.63. The number of nitrogens with zero attached hydrogens (tertiary/aromatic N) is 2. The molecule has 0 atom stereocenters. The number of aromatic nitrogens is 2. The number of hydrogen-bond donors (Lipinski definition) is 1. The Balaban J connectivity index is 2.53. The van der Waals surface area contributed by atoms with Crippen LogP contribution < -0.4 is 5.73 Å². The quantitative estimate of drug-likeness (QED) is 0.853. The second-order valence-corrected chi connectivity index (χ2v) is 3.75. The molecule has 0 saturated carbocycles. The zero-order chi connectivity index (χ0) is 10.8. The van der Waals surface area contributed by atoms with Gasteiger partial charge in [0.25, 0.3) is 0 Å². The lowest BCUT2D eigenvalue weighted by atomic mass is 10.1. The number of nitrogens with two attached hydrogens (primary N) is 1. The van der Waals surface area contributed by atoms with Crippen molar-refractivity contribution in [1.29, 1.82) is 0 Å². The molecule has 0 aliphatic carbocycles. The second-order valence-electron chi connectivity index (χ2n) is 2.91. The minimum atomic E-state index is -0.638. The van der Waals surface area contributed by atoms with Crippen LogP contribution in [0.15, 0.2) is 18.2 Å². The highest BCUT2D eigenvalue weighted by Gasteiger charge is 2.11. The molecular weight excluding hydrogens is 220 g/mol. The fourth-order valence-electron chi connectivity index (χ4n) is 1.25. The van der Waals surface area contributed by atoms with E-state index in [4.69, 9.17) is 5.73 Å². The van der Waals surface area contributed by atoms with E-state index in [0.29, 0.717) is 16.1 Å². The highest BCUT2D eigenvalue weighted by Crippen LogP contribution is 2.24. The van der Waals surface area contributed by atoms with E-state index >= 15 is 0 Å². The van der Waals surface area contributed by atoms with Crippen LogP contribution in [0.3, 0.4) is 0 Å². The van der Waals surface area contributed by atoms with Gasteiger partial charge in [-0.05, 0) is 23.7 Å². The second kappa shape index (κ2) is 4.00. The van der Waals surface area contributed by atoms with Crippen LogP contribution >= 0.6 is 11.5 Å². The highest BCUT2D eigenvalue weighted by atomic mass is 32.1. The van der Waals surface area contributed by atoms with Gasteiger partial charge in [0, 0.05) is 18.2 Å². The molecule has 2 aromatic rings.